The van der Waals surface area contributed by atoms with Gasteiger partial charge in [0.05, 0.1) is 11.9 Å². The molecule has 2 aliphatic heterocycles. The van der Waals surface area contributed by atoms with E-state index in [1.165, 1.54) is 0 Å². The van der Waals surface area contributed by atoms with Crippen LogP contribution in [-0.4, -0.2) is 69.4 Å². The summed E-state index contributed by atoms with van der Waals surface area (Å²) in [6.07, 6.45) is 4.09. The van der Waals surface area contributed by atoms with Crippen LogP contribution in [0.3, 0.4) is 0 Å². The Hall–Kier alpha value is -0.860. The van der Waals surface area contributed by atoms with Gasteiger partial charge in [-0.3, -0.25) is 4.99 Å². The Labute approximate surface area is 171 Å². The summed E-state index contributed by atoms with van der Waals surface area (Å²) in [7, 11) is -3.08. The molecule has 0 spiro atoms. The second-order valence-electron chi connectivity index (χ2n) is 9.00. The Balaban J connectivity index is 1.94. The maximum absolute atomic E-state index is 12.0. The van der Waals surface area contributed by atoms with E-state index in [0.717, 1.165) is 51.3 Å². The summed E-state index contributed by atoms with van der Waals surface area (Å²) in [6.45, 7) is 14.0. The first-order valence-corrected chi connectivity index (χ1v) is 12.4. The second kappa shape index (κ2) is 10.3. The molecule has 28 heavy (non-hydrogen) atoms. The molecule has 0 aromatic carbocycles. The first-order chi connectivity index (χ1) is 13.2. The molecule has 0 saturated carbocycles. The Bertz CT molecular complexity index is 607. The molecule has 8 heteroatoms. The van der Waals surface area contributed by atoms with Gasteiger partial charge in [0, 0.05) is 44.7 Å². The van der Waals surface area contributed by atoms with Crippen LogP contribution >= 0.6 is 0 Å². The SMILES string of the molecule is CCNC(=NCC1CCCOC1C(C)(C)C)NC1CCN(S(=O)(=O)CC)CC1. The van der Waals surface area contributed by atoms with Crippen molar-refractivity contribution in [2.45, 2.75) is 72.4 Å². The molecule has 0 radical (unpaired) electrons. The highest BCUT2D eigenvalue weighted by Crippen LogP contribution is 2.34. The lowest BCUT2D eigenvalue weighted by Gasteiger charge is -2.39. The van der Waals surface area contributed by atoms with Gasteiger partial charge in [-0.15, -0.1) is 0 Å². The van der Waals surface area contributed by atoms with Gasteiger partial charge in [-0.05, 0) is 44.9 Å². The highest BCUT2D eigenvalue weighted by atomic mass is 32.2. The van der Waals surface area contributed by atoms with Crippen molar-refractivity contribution in [2.75, 3.05) is 38.5 Å². The second-order valence-corrected chi connectivity index (χ2v) is 11.3. The molecule has 7 nitrogen and oxygen atoms in total. The van der Waals surface area contributed by atoms with Crippen LogP contribution in [-0.2, 0) is 14.8 Å². The number of nitrogens with zero attached hydrogens (tertiary/aromatic N) is 2. The average Bonchev–Trinajstić information content (AvgIpc) is 2.66. The summed E-state index contributed by atoms with van der Waals surface area (Å²) in [5, 5.41) is 6.86. The Morgan fingerprint density at radius 2 is 1.86 bits per heavy atom. The van der Waals surface area contributed by atoms with Crippen LogP contribution in [0.15, 0.2) is 4.99 Å². The highest BCUT2D eigenvalue weighted by Gasteiger charge is 2.35. The molecule has 164 valence electrons. The maximum Gasteiger partial charge on any atom is 0.213 e. The third kappa shape index (κ3) is 6.59. The lowest BCUT2D eigenvalue weighted by molar-refractivity contribution is -0.0823. The fourth-order valence-electron chi connectivity index (χ4n) is 4.17. The minimum Gasteiger partial charge on any atom is -0.377 e. The van der Waals surface area contributed by atoms with Crippen LogP contribution in [0.1, 0.15) is 60.3 Å². The third-order valence-electron chi connectivity index (χ3n) is 5.68. The zero-order valence-electron chi connectivity index (χ0n) is 18.3. The molecule has 0 aliphatic carbocycles. The number of nitrogens with one attached hydrogen (secondary N) is 2. The molecule has 0 aromatic rings. The molecular weight excluding hydrogens is 376 g/mol. The molecule has 0 bridgehead atoms. The molecule has 2 saturated heterocycles. The molecule has 2 aliphatic rings. The number of ether oxygens (including phenoxy) is 1. The van der Waals surface area contributed by atoms with Gasteiger partial charge in [-0.2, -0.15) is 0 Å². The van der Waals surface area contributed by atoms with Gasteiger partial charge in [0.1, 0.15) is 0 Å². The molecule has 0 aromatic heterocycles. The van der Waals surface area contributed by atoms with Crippen molar-refractivity contribution < 1.29 is 13.2 Å². The van der Waals surface area contributed by atoms with E-state index < -0.39 is 10.0 Å². The predicted molar refractivity (Wildman–Crippen MR) is 115 cm³/mol. The first kappa shape index (κ1) is 23.4. The normalized spacial score (nSPS) is 26.2. The van der Waals surface area contributed by atoms with Crippen molar-refractivity contribution in [1.82, 2.24) is 14.9 Å². The fourth-order valence-corrected chi connectivity index (χ4v) is 5.30. The van der Waals surface area contributed by atoms with E-state index >= 15 is 0 Å². The number of sulfonamides is 1. The van der Waals surface area contributed by atoms with Gasteiger partial charge in [-0.25, -0.2) is 12.7 Å². The summed E-state index contributed by atoms with van der Waals surface area (Å²) in [5.41, 5.74) is 0.115. The molecule has 2 rings (SSSR count). The van der Waals surface area contributed by atoms with Crippen molar-refractivity contribution >= 4 is 16.0 Å². The van der Waals surface area contributed by atoms with Crippen molar-refractivity contribution in [3.63, 3.8) is 0 Å². The summed E-state index contributed by atoms with van der Waals surface area (Å²) in [4.78, 5) is 4.86. The summed E-state index contributed by atoms with van der Waals surface area (Å²) in [5.74, 6) is 1.44. The zero-order valence-corrected chi connectivity index (χ0v) is 19.1. The van der Waals surface area contributed by atoms with Crippen LogP contribution < -0.4 is 10.6 Å². The third-order valence-corrected chi connectivity index (χ3v) is 7.56. The van der Waals surface area contributed by atoms with Gasteiger partial charge < -0.3 is 15.4 Å². The van der Waals surface area contributed by atoms with E-state index in [4.69, 9.17) is 9.73 Å². The quantitative estimate of drug-likeness (QED) is 0.512. The van der Waals surface area contributed by atoms with Crippen LogP contribution in [0.5, 0.6) is 0 Å². The van der Waals surface area contributed by atoms with Gasteiger partial charge in [0.25, 0.3) is 0 Å². The monoisotopic (exact) mass is 416 g/mol. The smallest absolute Gasteiger partial charge is 0.213 e. The molecular formula is C20H40N4O3S. The van der Waals surface area contributed by atoms with Crippen molar-refractivity contribution in [1.29, 1.82) is 0 Å². The van der Waals surface area contributed by atoms with Crippen LogP contribution in [0.25, 0.3) is 0 Å². The summed E-state index contributed by atoms with van der Waals surface area (Å²) in [6, 6.07) is 0.252. The van der Waals surface area contributed by atoms with E-state index in [1.807, 2.05) is 0 Å². The number of guanidine groups is 1. The van der Waals surface area contributed by atoms with E-state index in [0.29, 0.717) is 19.0 Å². The zero-order chi connectivity index (χ0) is 20.8. The predicted octanol–water partition coefficient (Wildman–Crippen LogP) is 2.20. The minimum absolute atomic E-state index is 0.115. The molecule has 2 fully saturated rings. The molecule has 0 amide bonds. The van der Waals surface area contributed by atoms with Gasteiger partial charge >= 0.3 is 0 Å². The minimum atomic E-state index is -3.08. The largest absolute Gasteiger partial charge is 0.377 e. The topological polar surface area (TPSA) is 83.0 Å². The molecule has 2 N–H and O–H groups in total. The molecule has 2 atom stereocenters. The number of hydrogen-bond acceptors (Lipinski definition) is 4. The lowest BCUT2D eigenvalue weighted by atomic mass is 9.78. The van der Waals surface area contributed by atoms with Crippen LogP contribution in [0.4, 0.5) is 0 Å². The molecule has 2 unspecified atom stereocenters. The number of hydrogen-bond donors (Lipinski definition) is 2. The van der Waals surface area contributed by atoms with E-state index in [2.05, 4.69) is 38.3 Å². The maximum atomic E-state index is 12.0. The standard InChI is InChI=1S/C20H40N4O3S/c1-6-21-19(22-15-16-9-8-14-27-18(16)20(3,4)5)23-17-10-12-24(13-11-17)28(25,26)7-2/h16-18H,6-15H2,1-5H3,(H2,21,22,23). The summed E-state index contributed by atoms with van der Waals surface area (Å²) < 4.78 is 31.8. The number of rotatable bonds is 6. The Kier molecular flexibility index (Phi) is 8.58. The Morgan fingerprint density at radius 3 is 2.43 bits per heavy atom. The van der Waals surface area contributed by atoms with Gasteiger partial charge in [0.2, 0.25) is 10.0 Å². The van der Waals surface area contributed by atoms with Crippen LogP contribution in [0.2, 0.25) is 0 Å². The average molecular weight is 417 g/mol. The summed E-state index contributed by atoms with van der Waals surface area (Å²) >= 11 is 0. The van der Waals surface area contributed by atoms with Crippen LogP contribution in [0, 0.1) is 11.3 Å². The highest BCUT2D eigenvalue weighted by molar-refractivity contribution is 7.89. The van der Waals surface area contributed by atoms with E-state index in [9.17, 15) is 8.42 Å². The lowest BCUT2D eigenvalue weighted by Crippen LogP contribution is -2.50. The van der Waals surface area contributed by atoms with E-state index in [1.54, 1.807) is 11.2 Å². The van der Waals surface area contributed by atoms with Gasteiger partial charge in [0.15, 0.2) is 5.96 Å². The number of aliphatic imine (C=N–C) groups is 1. The number of piperidine rings is 1. The first-order valence-electron chi connectivity index (χ1n) is 10.8. The van der Waals surface area contributed by atoms with Gasteiger partial charge in [-0.1, -0.05) is 20.8 Å². The fraction of sp³-hybridized carbons (Fsp3) is 0.950. The van der Waals surface area contributed by atoms with Crippen molar-refractivity contribution in [3.05, 3.63) is 0 Å². The Morgan fingerprint density at radius 1 is 1.18 bits per heavy atom. The van der Waals surface area contributed by atoms with Crippen molar-refractivity contribution in [2.24, 2.45) is 16.3 Å². The van der Waals surface area contributed by atoms with E-state index in [-0.39, 0.29) is 23.3 Å². The molecule has 2 heterocycles. The van der Waals surface area contributed by atoms with Crippen molar-refractivity contribution in [3.8, 4) is 0 Å².